The highest BCUT2D eigenvalue weighted by Gasteiger charge is 2.41. The molecule has 1 aliphatic heterocycles. The van der Waals surface area contributed by atoms with Crippen LogP contribution in [0, 0.1) is 17.8 Å². The molecule has 0 spiro atoms. The van der Waals surface area contributed by atoms with E-state index in [0.29, 0.717) is 17.7 Å². The summed E-state index contributed by atoms with van der Waals surface area (Å²) in [6.07, 6.45) is 7.08. The first-order valence-electron chi connectivity index (χ1n) is 11.7. The fraction of sp³-hybridized carbons (Fsp3) is 0.773. The number of aromatic nitrogens is 2. The lowest BCUT2D eigenvalue weighted by Gasteiger charge is -2.42. The Hall–Kier alpha value is -1.61. The highest BCUT2D eigenvalue weighted by molar-refractivity contribution is 7.92. The Morgan fingerprint density at radius 3 is 2.66 bits per heavy atom. The number of carbonyl (C=O) groups excluding carboxylic acids is 1. The quantitative estimate of drug-likeness (QED) is 0.550. The first-order chi connectivity index (χ1) is 15.1. The summed E-state index contributed by atoms with van der Waals surface area (Å²) in [6, 6.07) is 1.39. The molecule has 4 unspecified atom stereocenters. The summed E-state index contributed by atoms with van der Waals surface area (Å²) >= 11 is 6.37. The Kier molecular flexibility index (Phi) is 6.86. The number of nitrogens with one attached hydrogen (secondary N) is 2. The van der Waals surface area contributed by atoms with E-state index in [1.165, 1.54) is 4.31 Å². The van der Waals surface area contributed by atoms with E-state index in [1.54, 1.807) is 12.3 Å². The maximum Gasteiger partial charge on any atom is 0.236 e. The van der Waals surface area contributed by atoms with Crippen molar-refractivity contribution in [2.24, 2.45) is 17.8 Å². The second-order valence-corrected chi connectivity index (χ2v) is 12.4. The van der Waals surface area contributed by atoms with E-state index in [0.717, 1.165) is 38.5 Å². The highest BCUT2D eigenvalue weighted by Crippen LogP contribution is 2.37. The topological polar surface area (TPSA) is 104 Å². The molecule has 178 valence electrons. The van der Waals surface area contributed by atoms with Crippen molar-refractivity contribution in [3.05, 3.63) is 12.3 Å². The minimum absolute atomic E-state index is 0.0474. The van der Waals surface area contributed by atoms with Crippen LogP contribution in [0.5, 0.6) is 0 Å². The molecule has 0 aromatic carbocycles. The summed E-state index contributed by atoms with van der Waals surface area (Å²) in [5.74, 6) is 1.31. The van der Waals surface area contributed by atoms with Gasteiger partial charge in [0.25, 0.3) is 0 Å². The minimum Gasteiger partial charge on any atom is -0.353 e. The number of hydrogen-bond donors (Lipinski definition) is 2. The average molecular weight is 484 g/mol. The van der Waals surface area contributed by atoms with Gasteiger partial charge >= 0.3 is 0 Å². The summed E-state index contributed by atoms with van der Waals surface area (Å²) < 4.78 is 27.4. The third kappa shape index (κ3) is 5.30. The average Bonchev–Trinajstić information content (AvgIpc) is 3.50. The number of carbonyl (C=O) groups is 1. The number of amides is 1. The van der Waals surface area contributed by atoms with Crippen LogP contribution in [0.25, 0.3) is 0 Å². The number of alkyl halides is 1. The van der Waals surface area contributed by atoms with E-state index >= 15 is 0 Å². The van der Waals surface area contributed by atoms with Gasteiger partial charge in [-0.1, -0.05) is 0 Å². The zero-order valence-corrected chi connectivity index (χ0v) is 20.6. The molecule has 32 heavy (non-hydrogen) atoms. The number of fused-ring (bicyclic) bond motifs is 1. The van der Waals surface area contributed by atoms with Crippen molar-refractivity contribution in [2.75, 3.05) is 15.4 Å². The third-order valence-corrected chi connectivity index (χ3v) is 9.38. The van der Waals surface area contributed by atoms with Crippen LogP contribution in [0.3, 0.4) is 0 Å². The molecular weight excluding hydrogens is 450 g/mol. The normalized spacial score (nSPS) is 29.2. The molecule has 1 aromatic rings. The molecule has 2 heterocycles. The zero-order chi connectivity index (χ0) is 23.0. The van der Waals surface area contributed by atoms with Gasteiger partial charge in [-0.3, -0.25) is 9.10 Å². The van der Waals surface area contributed by atoms with Crippen molar-refractivity contribution in [1.29, 1.82) is 0 Å². The number of piperidine rings is 1. The van der Waals surface area contributed by atoms with Crippen molar-refractivity contribution < 1.29 is 13.2 Å². The molecule has 0 radical (unpaired) electrons. The van der Waals surface area contributed by atoms with Gasteiger partial charge in [0.1, 0.15) is 5.82 Å². The van der Waals surface area contributed by atoms with Crippen LogP contribution in [-0.2, 0) is 14.8 Å². The lowest BCUT2D eigenvalue weighted by atomic mass is 9.74. The molecule has 2 N–H and O–H groups in total. The Morgan fingerprint density at radius 2 is 1.97 bits per heavy atom. The molecule has 10 heteroatoms. The zero-order valence-electron chi connectivity index (χ0n) is 19.0. The third-order valence-electron chi connectivity index (χ3n) is 6.88. The second-order valence-electron chi connectivity index (χ2n) is 9.91. The molecular formula is C22H34ClN5O3S. The molecule has 8 nitrogen and oxygen atoms in total. The molecule has 4 rings (SSSR count). The van der Waals surface area contributed by atoms with Crippen LogP contribution >= 0.6 is 11.6 Å². The van der Waals surface area contributed by atoms with Gasteiger partial charge in [0.15, 0.2) is 0 Å². The molecule has 1 amide bonds. The Balaban J connectivity index is 1.47. The summed E-state index contributed by atoms with van der Waals surface area (Å²) in [5, 5.41) is 6.60. The van der Waals surface area contributed by atoms with E-state index in [-0.39, 0.29) is 47.0 Å². The van der Waals surface area contributed by atoms with Gasteiger partial charge in [-0.15, -0.1) is 11.6 Å². The number of halogens is 1. The van der Waals surface area contributed by atoms with Crippen LogP contribution in [0.2, 0.25) is 0 Å². The van der Waals surface area contributed by atoms with Crippen LogP contribution in [0.15, 0.2) is 12.3 Å². The van der Waals surface area contributed by atoms with E-state index in [9.17, 15) is 13.2 Å². The Bertz CT molecular complexity index is 939. The van der Waals surface area contributed by atoms with Crippen LogP contribution in [0.1, 0.15) is 59.3 Å². The molecule has 2 aliphatic carbocycles. The van der Waals surface area contributed by atoms with Gasteiger partial charge < -0.3 is 10.6 Å². The summed E-state index contributed by atoms with van der Waals surface area (Å²) in [6.45, 7) is 5.64. The van der Waals surface area contributed by atoms with Gasteiger partial charge in [0.05, 0.1) is 11.7 Å². The molecule has 0 bridgehead atoms. The maximum absolute atomic E-state index is 13.0. The number of hydrogen-bond acceptors (Lipinski definition) is 6. The second kappa shape index (κ2) is 9.33. The maximum atomic E-state index is 13.0. The summed E-state index contributed by atoms with van der Waals surface area (Å²) in [5.41, 5.74) is 0. The Morgan fingerprint density at radius 1 is 1.22 bits per heavy atom. The van der Waals surface area contributed by atoms with Crippen LogP contribution < -0.4 is 14.9 Å². The van der Waals surface area contributed by atoms with Crippen LogP contribution in [-0.4, -0.2) is 53.5 Å². The van der Waals surface area contributed by atoms with Crippen LogP contribution in [0.4, 0.5) is 11.8 Å². The monoisotopic (exact) mass is 483 g/mol. The van der Waals surface area contributed by atoms with Gasteiger partial charge in [0.2, 0.25) is 21.9 Å². The van der Waals surface area contributed by atoms with E-state index in [4.69, 9.17) is 11.6 Å². The van der Waals surface area contributed by atoms with Crippen molar-refractivity contribution >= 4 is 39.3 Å². The first kappa shape index (κ1) is 23.5. The number of sulfonamides is 1. The van der Waals surface area contributed by atoms with E-state index in [2.05, 4.69) is 20.6 Å². The van der Waals surface area contributed by atoms with E-state index in [1.807, 2.05) is 20.8 Å². The number of anilines is 2. The smallest absolute Gasteiger partial charge is 0.236 e. The molecule has 3 fully saturated rings. The predicted octanol–water partition coefficient (Wildman–Crippen LogP) is 3.14. The largest absolute Gasteiger partial charge is 0.353 e. The highest BCUT2D eigenvalue weighted by atomic mass is 35.5. The lowest BCUT2D eigenvalue weighted by Crippen LogP contribution is -2.55. The number of nitrogens with zero attached hydrogens (tertiary/aromatic N) is 3. The molecule has 1 saturated heterocycles. The van der Waals surface area contributed by atoms with Gasteiger partial charge in [-0.2, -0.15) is 4.98 Å². The van der Waals surface area contributed by atoms with Gasteiger partial charge in [-0.25, -0.2) is 13.4 Å². The predicted molar refractivity (Wildman–Crippen MR) is 126 cm³/mol. The van der Waals surface area contributed by atoms with Crippen molar-refractivity contribution in [1.82, 2.24) is 15.3 Å². The van der Waals surface area contributed by atoms with Crippen molar-refractivity contribution in [3.63, 3.8) is 0 Å². The summed E-state index contributed by atoms with van der Waals surface area (Å²) in [7, 11) is -3.47. The van der Waals surface area contributed by atoms with E-state index < -0.39 is 10.0 Å². The number of rotatable bonds is 8. The SMILES string of the molecule is CC(C)N(c1ccnc(N[C@@H](C)C2CC3CC(Cl)CCC3NC2=O)n1)S(=O)(=O)CC1CC1. The van der Waals surface area contributed by atoms with Gasteiger partial charge in [0, 0.05) is 35.8 Å². The lowest BCUT2D eigenvalue weighted by molar-refractivity contribution is -0.130. The molecule has 2 saturated carbocycles. The molecule has 5 atom stereocenters. The fourth-order valence-electron chi connectivity index (χ4n) is 5.05. The molecule has 1 aromatic heterocycles. The molecule has 3 aliphatic rings. The minimum atomic E-state index is -3.47. The van der Waals surface area contributed by atoms with Crippen molar-refractivity contribution in [2.45, 2.75) is 82.8 Å². The van der Waals surface area contributed by atoms with Gasteiger partial charge in [-0.05, 0) is 71.1 Å². The fourth-order valence-corrected chi connectivity index (χ4v) is 7.52. The summed E-state index contributed by atoms with van der Waals surface area (Å²) in [4.78, 5) is 21.6. The standard InChI is InChI=1S/C22H34ClN5O3S/c1-13(2)28(32(30,31)12-15-4-5-15)20-8-9-24-22(27-20)25-14(3)18-11-16-10-17(23)6-7-19(16)26-21(18)29/h8-9,13-19H,4-7,10-12H2,1-3H3,(H,26,29)(H,24,25,27)/t14-,16?,17?,18?,19?/m0/s1. The first-order valence-corrected chi connectivity index (χ1v) is 13.7. The van der Waals surface area contributed by atoms with Crippen molar-refractivity contribution in [3.8, 4) is 0 Å². The Labute approximate surface area is 196 Å².